The molecule has 2 rings (SSSR count). The van der Waals surface area contributed by atoms with Gasteiger partial charge in [0.1, 0.15) is 0 Å². The molecule has 2 fully saturated rings. The van der Waals surface area contributed by atoms with Gasteiger partial charge in [-0.25, -0.2) is 0 Å². The second kappa shape index (κ2) is 5.40. The van der Waals surface area contributed by atoms with E-state index in [1.807, 2.05) is 13.8 Å². The SMILES string of the molecule is CC(C)N1CC(C(=O)N2CC(OC(F)F)C2)CC1=O. The Morgan fingerprint density at radius 3 is 2.42 bits per heavy atom. The van der Waals surface area contributed by atoms with Gasteiger partial charge >= 0.3 is 6.61 Å². The molecule has 0 aromatic carbocycles. The zero-order valence-corrected chi connectivity index (χ0v) is 11.0. The van der Waals surface area contributed by atoms with Crippen molar-refractivity contribution in [3.8, 4) is 0 Å². The maximum atomic E-state index is 12.1. The van der Waals surface area contributed by atoms with Crippen molar-refractivity contribution in [2.24, 2.45) is 5.92 Å². The fraction of sp³-hybridized carbons (Fsp3) is 0.833. The van der Waals surface area contributed by atoms with E-state index in [-0.39, 0.29) is 43.3 Å². The molecule has 2 amide bonds. The van der Waals surface area contributed by atoms with E-state index in [0.29, 0.717) is 6.54 Å². The third-order valence-corrected chi connectivity index (χ3v) is 3.59. The fourth-order valence-electron chi connectivity index (χ4n) is 2.50. The van der Waals surface area contributed by atoms with Gasteiger partial charge in [0.05, 0.1) is 12.0 Å². The maximum absolute atomic E-state index is 12.1. The van der Waals surface area contributed by atoms with Crippen LogP contribution in [0.4, 0.5) is 8.78 Å². The number of ether oxygens (including phenoxy) is 1. The summed E-state index contributed by atoms with van der Waals surface area (Å²) >= 11 is 0. The number of amides is 2. The minimum Gasteiger partial charge on any atom is -0.339 e. The highest BCUT2D eigenvalue weighted by Crippen LogP contribution is 2.25. The smallest absolute Gasteiger partial charge is 0.339 e. The van der Waals surface area contributed by atoms with Crippen LogP contribution in [-0.4, -0.2) is 60.0 Å². The molecule has 0 spiro atoms. The Morgan fingerprint density at radius 2 is 1.95 bits per heavy atom. The van der Waals surface area contributed by atoms with Gasteiger partial charge in [0.2, 0.25) is 11.8 Å². The van der Waals surface area contributed by atoms with Gasteiger partial charge in [-0.2, -0.15) is 8.78 Å². The lowest BCUT2D eigenvalue weighted by Gasteiger charge is -2.39. The normalized spacial score (nSPS) is 24.5. The predicted molar refractivity (Wildman–Crippen MR) is 62.4 cm³/mol. The number of hydrogen-bond acceptors (Lipinski definition) is 3. The summed E-state index contributed by atoms with van der Waals surface area (Å²) in [5, 5.41) is 0. The van der Waals surface area contributed by atoms with Crippen LogP contribution in [0.5, 0.6) is 0 Å². The Hall–Kier alpha value is -1.24. The first kappa shape index (κ1) is 14.2. The fourth-order valence-corrected chi connectivity index (χ4v) is 2.50. The second-order valence-electron chi connectivity index (χ2n) is 5.30. The summed E-state index contributed by atoms with van der Waals surface area (Å²) in [4.78, 5) is 26.9. The molecule has 1 unspecified atom stereocenters. The number of halogens is 2. The summed E-state index contributed by atoms with van der Waals surface area (Å²) in [5.41, 5.74) is 0. The average Bonchev–Trinajstić information content (AvgIpc) is 2.64. The molecule has 5 nitrogen and oxygen atoms in total. The van der Waals surface area contributed by atoms with Crippen molar-refractivity contribution < 1.29 is 23.1 Å². The van der Waals surface area contributed by atoms with Crippen LogP contribution < -0.4 is 0 Å². The summed E-state index contributed by atoms with van der Waals surface area (Å²) in [5.74, 6) is -0.498. The van der Waals surface area contributed by atoms with E-state index in [1.54, 1.807) is 4.90 Å². The lowest BCUT2D eigenvalue weighted by atomic mass is 10.0. The van der Waals surface area contributed by atoms with Crippen LogP contribution in [0.3, 0.4) is 0 Å². The number of carbonyl (C=O) groups excluding carboxylic acids is 2. The van der Waals surface area contributed by atoms with Crippen molar-refractivity contribution in [3.63, 3.8) is 0 Å². The third-order valence-electron chi connectivity index (χ3n) is 3.59. The first-order valence-electron chi connectivity index (χ1n) is 6.40. The summed E-state index contributed by atoms with van der Waals surface area (Å²) < 4.78 is 28.2. The van der Waals surface area contributed by atoms with Crippen molar-refractivity contribution in [3.05, 3.63) is 0 Å². The number of nitrogens with zero attached hydrogens (tertiary/aromatic N) is 2. The van der Waals surface area contributed by atoms with E-state index in [1.165, 1.54) is 4.90 Å². The first-order valence-corrected chi connectivity index (χ1v) is 6.40. The zero-order valence-electron chi connectivity index (χ0n) is 11.0. The Morgan fingerprint density at radius 1 is 1.32 bits per heavy atom. The molecule has 2 saturated heterocycles. The molecule has 2 heterocycles. The number of hydrogen-bond donors (Lipinski definition) is 0. The van der Waals surface area contributed by atoms with E-state index < -0.39 is 12.7 Å². The molecule has 0 aromatic rings. The zero-order chi connectivity index (χ0) is 14.2. The molecule has 108 valence electrons. The molecule has 2 aliphatic heterocycles. The molecule has 0 aliphatic carbocycles. The molecular formula is C12H18F2N2O3. The van der Waals surface area contributed by atoms with E-state index in [4.69, 9.17) is 0 Å². The first-order chi connectivity index (χ1) is 8.88. The summed E-state index contributed by atoms with van der Waals surface area (Å²) in [6.45, 7) is 1.81. The number of rotatable bonds is 4. The lowest BCUT2D eigenvalue weighted by Crippen LogP contribution is -2.57. The topological polar surface area (TPSA) is 49.9 Å². The van der Waals surface area contributed by atoms with E-state index in [9.17, 15) is 18.4 Å². The molecule has 2 aliphatic rings. The lowest BCUT2D eigenvalue weighted by molar-refractivity contribution is -0.200. The predicted octanol–water partition coefficient (Wildman–Crippen LogP) is 0.693. The number of likely N-dealkylation sites (tertiary alicyclic amines) is 2. The van der Waals surface area contributed by atoms with Crippen molar-refractivity contribution >= 4 is 11.8 Å². The van der Waals surface area contributed by atoms with Gasteiger partial charge in [0.25, 0.3) is 0 Å². The number of carbonyl (C=O) groups is 2. The maximum Gasteiger partial charge on any atom is 0.345 e. The highest BCUT2D eigenvalue weighted by atomic mass is 19.3. The Kier molecular flexibility index (Phi) is 4.03. The minimum atomic E-state index is -2.80. The molecule has 0 N–H and O–H groups in total. The van der Waals surface area contributed by atoms with Crippen LogP contribution in [0.25, 0.3) is 0 Å². The average molecular weight is 276 g/mol. The van der Waals surface area contributed by atoms with Crippen LogP contribution in [0.2, 0.25) is 0 Å². The summed E-state index contributed by atoms with van der Waals surface area (Å²) in [7, 11) is 0. The molecule has 0 bridgehead atoms. The summed E-state index contributed by atoms with van der Waals surface area (Å²) in [6.07, 6.45) is -0.365. The van der Waals surface area contributed by atoms with Crippen LogP contribution in [0.1, 0.15) is 20.3 Å². The van der Waals surface area contributed by atoms with Crippen molar-refractivity contribution in [2.45, 2.75) is 39.0 Å². The Balaban J connectivity index is 1.81. The largest absolute Gasteiger partial charge is 0.345 e. The van der Waals surface area contributed by atoms with E-state index in [0.717, 1.165) is 0 Å². The minimum absolute atomic E-state index is 0.0192. The molecule has 0 saturated carbocycles. The van der Waals surface area contributed by atoms with Crippen LogP contribution >= 0.6 is 0 Å². The molecule has 19 heavy (non-hydrogen) atoms. The quantitative estimate of drug-likeness (QED) is 0.759. The Bertz CT molecular complexity index is 370. The van der Waals surface area contributed by atoms with Gasteiger partial charge in [-0.05, 0) is 13.8 Å². The van der Waals surface area contributed by atoms with Crippen LogP contribution in [-0.2, 0) is 14.3 Å². The second-order valence-corrected chi connectivity index (χ2v) is 5.30. The molecule has 1 atom stereocenters. The standard InChI is InChI=1S/C12H18F2N2O3/c1-7(2)16-4-8(3-10(16)17)11(18)15-5-9(6-15)19-12(13)14/h7-9,12H,3-6H2,1-2H3. The van der Waals surface area contributed by atoms with Gasteiger partial charge in [-0.3, -0.25) is 9.59 Å². The van der Waals surface area contributed by atoms with Gasteiger partial charge in [0, 0.05) is 32.1 Å². The summed E-state index contributed by atoms with van der Waals surface area (Å²) in [6, 6.07) is 0.0802. The highest BCUT2D eigenvalue weighted by molar-refractivity contribution is 5.89. The van der Waals surface area contributed by atoms with Crippen molar-refractivity contribution in [2.75, 3.05) is 19.6 Å². The van der Waals surface area contributed by atoms with Gasteiger partial charge in [-0.15, -0.1) is 0 Å². The van der Waals surface area contributed by atoms with Crippen LogP contribution in [0, 0.1) is 5.92 Å². The van der Waals surface area contributed by atoms with E-state index >= 15 is 0 Å². The third kappa shape index (κ3) is 3.02. The monoisotopic (exact) mass is 276 g/mol. The van der Waals surface area contributed by atoms with Crippen LogP contribution in [0.15, 0.2) is 0 Å². The van der Waals surface area contributed by atoms with Gasteiger partial charge in [-0.1, -0.05) is 0 Å². The van der Waals surface area contributed by atoms with Gasteiger partial charge < -0.3 is 14.5 Å². The highest BCUT2D eigenvalue weighted by Gasteiger charge is 2.41. The van der Waals surface area contributed by atoms with Crippen molar-refractivity contribution in [1.82, 2.24) is 9.80 Å². The van der Waals surface area contributed by atoms with E-state index in [2.05, 4.69) is 4.74 Å². The van der Waals surface area contributed by atoms with Gasteiger partial charge in [0.15, 0.2) is 0 Å². The molecular weight excluding hydrogens is 258 g/mol. The molecule has 0 radical (unpaired) electrons. The Labute approximate surface area is 110 Å². The molecule has 7 heteroatoms. The van der Waals surface area contributed by atoms with Crippen molar-refractivity contribution in [1.29, 1.82) is 0 Å². The molecule has 0 aromatic heterocycles. The number of alkyl halides is 2.